The number of anilines is 1. The zero-order valence-electron chi connectivity index (χ0n) is 10.6. The van der Waals surface area contributed by atoms with Gasteiger partial charge in [0.2, 0.25) is 0 Å². The highest BCUT2D eigenvalue weighted by Crippen LogP contribution is 2.12. The summed E-state index contributed by atoms with van der Waals surface area (Å²) in [5.74, 6) is -1.47. The van der Waals surface area contributed by atoms with Crippen molar-refractivity contribution in [1.82, 2.24) is 14.9 Å². The Morgan fingerprint density at radius 1 is 1.25 bits per heavy atom. The molecule has 20 heavy (non-hydrogen) atoms. The van der Waals surface area contributed by atoms with E-state index < -0.39 is 17.7 Å². The summed E-state index contributed by atoms with van der Waals surface area (Å²) >= 11 is 0. The van der Waals surface area contributed by atoms with Crippen LogP contribution in [-0.2, 0) is 6.54 Å². The quantitative estimate of drug-likeness (QED) is 0.826. The summed E-state index contributed by atoms with van der Waals surface area (Å²) in [7, 11) is 0. The van der Waals surface area contributed by atoms with E-state index in [1.807, 2.05) is 10.8 Å². The Morgan fingerprint density at radius 2 is 2.00 bits per heavy atom. The van der Waals surface area contributed by atoms with Crippen LogP contribution < -0.4 is 10.6 Å². The van der Waals surface area contributed by atoms with Gasteiger partial charge in [0.05, 0.1) is 6.33 Å². The van der Waals surface area contributed by atoms with E-state index in [1.54, 1.807) is 12.5 Å². The molecule has 1 aromatic heterocycles. The zero-order chi connectivity index (χ0) is 14.4. The number of rotatable bonds is 5. The van der Waals surface area contributed by atoms with Gasteiger partial charge < -0.3 is 15.2 Å². The third-order valence-electron chi connectivity index (χ3n) is 2.56. The lowest BCUT2D eigenvalue weighted by atomic mass is 10.3. The van der Waals surface area contributed by atoms with Crippen LogP contribution in [0.15, 0.2) is 36.9 Å². The first-order chi connectivity index (χ1) is 9.63. The Bertz CT molecular complexity index is 552. The normalized spacial score (nSPS) is 10.3. The van der Waals surface area contributed by atoms with Crippen molar-refractivity contribution < 1.29 is 13.6 Å². The number of amides is 2. The van der Waals surface area contributed by atoms with Crippen molar-refractivity contribution in [2.24, 2.45) is 0 Å². The molecule has 0 radical (unpaired) electrons. The lowest BCUT2D eigenvalue weighted by Gasteiger charge is -2.08. The van der Waals surface area contributed by atoms with E-state index in [9.17, 15) is 13.6 Å². The molecule has 0 fully saturated rings. The summed E-state index contributed by atoms with van der Waals surface area (Å²) in [6.45, 7) is 1.18. The average Bonchev–Trinajstić information content (AvgIpc) is 2.86. The third-order valence-corrected chi connectivity index (χ3v) is 2.56. The predicted octanol–water partition coefficient (Wildman–Crippen LogP) is 2.37. The summed E-state index contributed by atoms with van der Waals surface area (Å²) in [5.41, 5.74) is 0.0783. The number of nitrogens with one attached hydrogen (secondary N) is 2. The second-order valence-electron chi connectivity index (χ2n) is 4.19. The Hall–Kier alpha value is -2.44. The Labute approximate surface area is 114 Å². The maximum absolute atomic E-state index is 12.9. The number of halogens is 2. The Kier molecular flexibility index (Phi) is 4.65. The fraction of sp³-hybridized carbons (Fsp3) is 0.231. The highest BCUT2D eigenvalue weighted by Gasteiger charge is 2.04. The maximum atomic E-state index is 12.9. The highest BCUT2D eigenvalue weighted by molar-refractivity contribution is 5.89. The smallest absolute Gasteiger partial charge is 0.319 e. The van der Waals surface area contributed by atoms with Crippen LogP contribution in [0.5, 0.6) is 0 Å². The van der Waals surface area contributed by atoms with Crippen molar-refractivity contribution in [3.8, 4) is 0 Å². The molecular formula is C13H14F2N4O. The topological polar surface area (TPSA) is 59.0 Å². The van der Waals surface area contributed by atoms with Crippen molar-refractivity contribution >= 4 is 11.7 Å². The molecule has 2 rings (SSSR count). The molecule has 5 nitrogen and oxygen atoms in total. The van der Waals surface area contributed by atoms with Crippen LogP contribution in [0.1, 0.15) is 6.42 Å². The number of hydrogen-bond donors (Lipinski definition) is 2. The van der Waals surface area contributed by atoms with Crippen LogP contribution in [-0.4, -0.2) is 22.1 Å². The van der Waals surface area contributed by atoms with Gasteiger partial charge in [-0.05, 0) is 18.6 Å². The van der Waals surface area contributed by atoms with Gasteiger partial charge in [-0.1, -0.05) is 0 Å². The Balaban J connectivity index is 1.72. The minimum absolute atomic E-state index is 0.0783. The summed E-state index contributed by atoms with van der Waals surface area (Å²) in [5, 5.41) is 4.97. The molecule has 1 heterocycles. The van der Waals surface area contributed by atoms with Gasteiger partial charge >= 0.3 is 6.03 Å². The molecule has 2 amide bonds. The standard InChI is InChI=1S/C13H14F2N4O/c14-10-6-11(15)8-12(7-10)18-13(20)17-2-1-4-19-5-3-16-9-19/h3,5-9H,1-2,4H2,(H2,17,18,20). The van der Waals surface area contributed by atoms with Crippen molar-refractivity contribution in [3.63, 3.8) is 0 Å². The first-order valence-electron chi connectivity index (χ1n) is 6.10. The van der Waals surface area contributed by atoms with E-state index in [4.69, 9.17) is 0 Å². The number of aromatic nitrogens is 2. The SMILES string of the molecule is O=C(NCCCn1ccnc1)Nc1cc(F)cc(F)c1. The summed E-state index contributed by atoms with van der Waals surface area (Å²) in [6.07, 6.45) is 5.92. The van der Waals surface area contributed by atoms with E-state index in [0.717, 1.165) is 31.2 Å². The predicted molar refractivity (Wildman–Crippen MR) is 70.2 cm³/mol. The molecule has 106 valence electrons. The van der Waals surface area contributed by atoms with Gasteiger partial charge in [-0.15, -0.1) is 0 Å². The van der Waals surface area contributed by atoms with Crippen molar-refractivity contribution in [1.29, 1.82) is 0 Å². The van der Waals surface area contributed by atoms with E-state index in [0.29, 0.717) is 6.54 Å². The van der Waals surface area contributed by atoms with E-state index in [2.05, 4.69) is 15.6 Å². The molecule has 0 spiro atoms. The number of hydrogen-bond acceptors (Lipinski definition) is 2. The first kappa shape index (κ1) is 14.0. The fourth-order valence-electron chi connectivity index (χ4n) is 1.68. The van der Waals surface area contributed by atoms with Crippen LogP contribution in [0.25, 0.3) is 0 Å². The zero-order valence-corrected chi connectivity index (χ0v) is 10.6. The molecule has 1 aromatic carbocycles. The number of aryl methyl sites for hydroxylation is 1. The lowest BCUT2D eigenvalue weighted by Crippen LogP contribution is -2.30. The van der Waals surface area contributed by atoms with Gasteiger partial charge in [0.1, 0.15) is 11.6 Å². The molecule has 0 aliphatic carbocycles. The average molecular weight is 280 g/mol. The first-order valence-corrected chi connectivity index (χ1v) is 6.10. The van der Waals surface area contributed by atoms with Crippen LogP contribution in [0.3, 0.4) is 0 Å². The monoisotopic (exact) mass is 280 g/mol. The van der Waals surface area contributed by atoms with Crippen LogP contribution >= 0.6 is 0 Å². The number of benzene rings is 1. The molecule has 2 N–H and O–H groups in total. The summed E-state index contributed by atoms with van der Waals surface area (Å²) in [4.78, 5) is 15.4. The molecule has 2 aromatic rings. The van der Waals surface area contributed by atoms with Crippen LogP contribution in [0.2, 0.25) is 0 Å². The minimum atomic E-state index is -0.736. The fourth-order valence-corrected chi connectivity index (χ4v) is 1.68. The van der Waals surface area contributed by atoms with Gasteiger partial charge in [-0.25, -0.2) is 18.6 Å². The minimum Gasteiger partial charge on any atom is -0.338 e. The number of carbonyl (C=O) groups excluding carboxylic acids is 1. The summed E-state index contributed by atoms with van der Waals surface area (Å²) < 4.78 is 27.7. The molecule has 0 saturated heterocycles. The van der Waals surface area contributed by atoms with E-state index >= 15 is 0 Å². The third kappa shape index (κ3) is 4.34. The molecular weight excluding hydrogens is 266 g/mol. The highest BCUT2D eigenvalue weighted by atomic mass is 19.1. The molecule has 7 heteroatoms. The van der Waals surface area contributed by atoms with Gasteiger partial charge in [0.25, 0.3) is 0 Å². The molecule has 0 bridgehead atoms. The number of nitrogens with zero attached hydrogens (tertiary/aromatic N) is 2. The van der Waals surface area contributed by atoms with Crippen molar-refractivity contribution in [2.45, 2.75) is 13.0 Å². The second-order valence-corrected chi connectivity index (χ2v) is 4.19. The largest absolute Gasteiger partial charge is 0.338 e. The van der Waals surface area contributed by atoms with E-state index in [-0.39, 0.29) is 5.69 Å². The number of carbonyl (C=O) groups is 1. The van der Waals surface area contributed by atoms with Crippen LogP contribution in [0, 0.1) is 11.6 Å². The van der Waals surface area contributed by atoms with Crippen LogP contribution in [0.4, 0.5) is 19.3 Å². The maximum Gasteiger partial charge on any atom is 0.319 e. The Morgan fingerprint density at radius 3 is 2.65 bits per heavy atom. The molecule has 0 aliphatic rings. The second kappa shape index (κ2) is 6.65. The van der Waals surface area contributed by atoms with Gasteiger partial charge in [-0.2, -0.15) is 0 Å². The van der Waals surface area contributed by atoms with E-state index in [1.165, 1.54) is 0 Å². The number of urea groups is 1. The molecule has 0 aliphatic heterocycles. The molecule has 0 unspecified atom stereocenters. The van der Waals surface area contributed by atoms with Gasteiger partial charge in [-0.3, -0.25) is 0 Å². The lowest BCUT2D eigenvalue weighted by molar-refractivity contribution is 0.252. The van der Waals surface area contributed by atoms with Gasteiger partial charge in [0.15, 0.2) is 0 Å². The molecule has 0 atom stereocenters. The summed E-state index contributed by atoms with van der Waals surface area (Å²) in [6, 6.07) is 2.34. The van der Waals surface area contributed by atoms with Gasteiger partial charge in [0, 0.05) is 37.2 Å². The molecule has 0 saturated carbocycles. The van der Waals surface area contributed by atoms with Crippen molar-refractivity contribution in [3.05, 3.63) is 48.6 Å². The van der Waals surface area contributed by atoms with Crippen molar-refractivity contribution in [2.75, 3.05) is 11.9 Å². The number of imidazole rings is 1.